The van der Waals surface area contributed by atoms with E-state index in [1.54, 1.807) is 18.2 Å². The van der Waals surface area contributed by atoms with Gasteiger partial charge in [-0.3, -0.25) is 14.5 Å². The molecular formula is C21H11BrF2N4O3S2. The van der Waals surface area contributed by atoms with Gasteiger partial charge in [-0.25, -0.2) is 13.0 Å². The molecule has 2 heterocycles. The van der Waals surface area contributed by atoms with E-state index in [-0.39, 0.29) is 28.9 Å². The second kappa shape index (κ2) is 8.36. The quantitative estimate of drug-likeness (QED) is 0.366. The second-order valence-corrected chi connectivity index (χ2v) is 9.69. The van der Waals surface area contributed by atoms with Gasteiger partial charge >= 0.3 is 0 Å². The summed E-state index contributed by atoms with van der Waals surface area (Å²) in [7, 11) is -1.82. The first-order valence-electron chi connectivity index (χ1n) is 9.37. The molecule has 7 nitrogen and oxygen atoms in total. The molecule has 3 aromatic carbocycles. The van der Waals surface area contributed by atoms with E-state index >= 15 is 0 Å². The van der Waals surface area contributed by atoms with E-state index in [0.29, 0.717) is 26.5 Å². The fourth-order valence-electron chi connectivity index (χ4n) is 3.51. The molecule has 0 saturated heterocycles. The zero-order valence-electron chi connectivity index (χ0n) is 16.3. The van der Waals surface area contributed by atoms with Crippen LogP contribution < -0.4 is 4.72 Å². The SMILES string of the molecule is O=C1c2cc(Br)cc(NS(=O)c3cccc4nsnc34)c2C(=O)N1Cc1ccc(F)cc1F. The maximum atomic E-state index is 14.1. The summed E-state index contributed by atoms with van der Waals surface area (Å²) in [5.41, 5.74) is 1.30. The molecule has 0 aliphatic carbocycles. The maximum absolute atomic E-state index is 14.1. The minimum Gasteiger partial charge on any atom is -0.300 e. The topological polar surface area (TPSA) is 92.3 Å². The zero-order valence-corrected chi connectivity index (χ0v) is 19.6. The van der Waals surface area contributed by atoms with Gasteiger partial charge in [0.05, 0.1) is 40.0 Å². The standard InChI is InChI=1S/C21H11BrF2N4O3S2/c22-11-6-13-18(21(30)28(20(13)29)9-10-4-5-12(23)8-14(10)24)16(7-11)27-33(31)17-3-1-2-15-19(17)26-32-25-15/h1-8,27H,9H2. The highest BCUT2D eigenvalue weighted by atomic mass is 79.9. The molecule has 1 aromatic heterocycles. The molecule has 1 aliphatic heterocycles. The maximum Gasteiger partial charge on any atom is 0.264 e. The van der Waals surface area contributed by atoms with E-state index in [9.17, 15) is 22.6 Å². The van der Waals surface area contributed by atoms with Crippen molar-refractivity contribution >= 4 is 67.2 Å². The minimum atomic E-state index is -1.82. The molecule has 0 spiro atoms. The van der Waals surface area contributed by atoms with Crippen LogP contribution in [0.5, 0.6) is 0 Å². The third-order valence-corrected chi connectivity index (χ3v) is 7.17. The van der Waals surface area contributed by atoms with Crippen molar-refractivity contribution in [2.24, 2.45) is 0 Å². The van der Waals surface area contributed by atoms with Crippen LogP contribution in [-0.4, -0.2) is 29.7 Å². The summed E-state index contributed by atoms with van der Waals surface area (Å²) in [5.74, 6) is -2.95. The summed E-state index contributed by atoms with van der Waals surface area (Å²) >= 11 is 4.29. The van der Waals surface area contributed by atoms with Crippen LogP contribution in [0.1, 0.15) is 26.3 Å². The Morgan fingerprint density at radius 1 is 1.06 bits per heavy atom. The number of rotatable bonds is 5. The summed E-state index contributed by atoms with van der Waals surface area (Å²) in [6.45, 7) is -0.373. The number of hydrogen-bond acceptors (Lipinski definition) is 6. The lowest BCUT2D eigenvalue weighted by Gasteiger charge is -2.15. The number of benzene rings is 3. The van der Waals surface area contributed by atoms with Crippen LogP contribution >= 0.6 is 27.7 Å². The minimum absolute atomic E-state index is 0.00855. The molecule has 0 fully saturated rings. The molecule has 0 radical (unpaired) electrons. The number of nitrogens with one attached hydrogen (secondary N) is 1. The van der Waals surface area contributed by atoms with Gasteiger partial charge in [-0.2, -0.15) is 8.75 Å². The van der Waals surface area contributed by atoms with E-state index < -0.39 is 34.4 Å². The molecule has 33 heavy (non-hydrogen) atoms. The van der Waals surface area contributed by atoms with Crippen LogP contribution in [0.25, 0.3) is 11.0 Å². The molecule has 1 aliphatic rings. The summed E-state index contributed by atoms with van der Waals surface area (Å²) in [6, 6.07) is 11.0. The lowest BCUT2D eigenvalue weighted by Crippen LogP contribution is -2.29. The van der Waals surface area contributed by atoms with Crippen molar-refractivity contribution in [3.05, 3.63) is 81.3 Å². The van der Waals surface area contributed by atoms with Gasteiger partial charge in [-0.05, 0) is 30.3 Å². The van der Waals surface area contributed by atoms with Gasteiger partial charge in [0.2, 0.25) is 0 Å². The summed E-state index contributed by atoms with van der Waals surface area (Å²) in [5, 5.41) is 0. The number of fused-ring (bicyclic) bond motifs is 2. The first-order chi connectivity index (χ1) is 15.8. The van der Waals surface area contributed by atoms with E-state index in [1.807, 2.05) is 0 Å². The highest BCUT2D eigenvalue weighted by Crippen LogP contribution is 2.35. The van der Waals surface area contributed by atoms with E-state index in [0.717, 1.165) is 22.7 Å². The van der Waals surface area contributed by atoms with Gasteiger partial charge in [0.1, 0.15) is 22.7 Å². The van der Waals surface area contributed by atoms with Crippen molar-refractivity contribution in [1.82, 2.24) is 13.6 Å². The number of hydrogen-bond donors (Lipinski definition) is 1. The third kappa shape index (κ3) is 3.83. The Morgan fingerprint density at radius 3 is 2.67 bits per heavy atom. The van der Waals surface area contributed by atoms with Gasteiger partial charge in [-0.15, -0.1) is 0 Å². The molecule has 1 N–H and O–H groups in total. The lowest BCUT2D eigenvalue weighted by atomic mass is 10.1. The molecule has 0 bridgehead atoms. The van der Waals surface area contributed by atoms with E-state index in [4.69, 9.17) is 0 Å². The van der Waals surface area contributed by atoms with Gasteiger partial charge in [0, 0.05) is 16.1 Å². The Kier molecular flexibility index (Phi) is 5.51. The van der Waals surface area contributed by atoms with Gasteiger partial charge in [-0.1, -0.05) is 28.1 Å². The number of aromatic nitrogens is 2. The van der Waals surface area contributed by atoms with Crippen LogP contribution in [0.4, 0.5) is 14.5 Å². The van der Waals surface area contributed by atoms with Crippen molar-refractivity contribution in [2.45, 2.75) is 11.4 Å². The average molecular weight is 549 g/mol. The lowest BCUT2D eigenvalue weighted by molar-refractivity contribution is 0.0641. The predicted octanol–water partition coefficient (Wildman–Crippen LogP) is 4.66. The van der Waals surface area contributed by atoms with Gasteiger partial charge in [0.25, 0.3) is 11.8 Å². The van der Waals surface area contributed by atoms with Crippen molar-refractivity contribution in [1.29, 1.82) is 0 Å². The van der Waals surface area contributed by atoms with Crippen LogP contribution in [-0.2, 0) is 17.5 Å². The van der Waals surface area contributed by atoms with Crippen LogP contribution in [0, 0.1) is 11.6 Å². The molecule has 166 valence electrons. The number of imide groups is 1. The molecule has 1 atom stereocenters. The molecule has 5 rings (SSSR count). The number of carbonyl (C=O) groups excluding carboxylic acids is 2. The summed E-state index contributed by atoms with van der Waals surface area (Å²) < 4.78 is 52.0. The van der Waals surface area contributed by atoms with Crippen molar-refractivity contribution < 1.29 is 22.6 Å². The fraction of sp³-hybridized carbons (Fsp3) is 0.0476. The summed E-state index contributed by atoms with van der Waals surface area (Å²) in [4.78, 5) is 27.3. The number of halogens is 3. The highest BCUT2D eigenvalue weighted by molar-refractivity contribution is 9.10. The Labute approximate surface area is 200 Å². The van der Waals surface area contributed by atoms with Gasteiger partial charge in [0.15, 0.2) is 11.0 Å². The van der Waals surface area contributed by atoms with E-state index in [2.05, 4.69) is 29.4 Å². The Hall–Kier alpha value is -3.09. The predicted molar refractivity (Wildman–Crippen MR) is 122 cm³/mol. The Balaban J connectivity index is 1.50. The highest BCUT2D eigenvalue weighted by Gasteiger charge is 2.38. The molecular weight excluding hydrogens is 538 g/mol. The van der Waals surface area contributed by atoms with Crippen molar-refractivity contribution in [3.63, 3.8) is 0 Å². The van der Waals surface area contributed by atoms with Crippen molar-refractivity contribution in [3.8, 4) is 0 Å². The van der Waals surface area contributed by atoms with Crippen LogP contribution in [0.2, 0.25) is 0 Å². The molecule has 2 amide bonds. The smallest absolute Gasteiger partial charge is 0.264 e. The summed E-state index contributed by atoms with van der Waals surface area (Å²) in [6.07, 6.45) is 0. The van der Waals surface area contributed by atoms with Crippen molar-refractivity contribution in [2.75, 3.05) is 4.72 Å². The first kappa shape index (κ1) is 21.7. The number of nitrogens with zero attached hydrogens (tertiary/aromatic N) is 3. The average Bonchev–Trinajstić information content (AvgIpc) is 3.34. The normalized spacial score (nSPS) is 14.1. The van der Waals surface area contributed by atoms with Crippen LogP contribution in [0.15, 0.2) is 57.9 Å². The third-order valence-electron chi connectivity index (χ3n) is 5.03. The largest absolute Gasteiger partial charge is 0.300 e. The monoisotopic (exact) mass is 548 g/mol. The zero-order chi connectivity index (χ0) is 23.3. The Bertz CT molecular complexity index is 1490. The second-order valence-electron chi connectivity index (χ2n) is 7.07. The number of carbonyl (C=O) groups is 2. The Morgan fingerprint density at radius 2 is 1.88 bits per heavy atom. The number of anilines is 1. The first-order valence-corrected chi connectivity index (χ1v) is 12.0. The molecule has 0 saturated carbocycles. The van der Waals surface area contributed by atoms with Crippen LogP contribution in [0.3, 0.4) is 0 Å². The van der Waals surface area contributed by atoms with E-state index in [1.165, 1.54) is 18.2 Å². The molecule has 12 heteroatoms. The molecule has 1 unspecified atom stereocenters. The number of amides is 2. The van der Waals surface area contributed by atoms with Gasteiger partial charge < -0.3 is 4.72 Å². The fourth-order valence-corrected chi connectivity index (χ4v) is 5.57. The molecule has 4 aromatic rings.